The van der Waals surface area contributed by atoms with Crippen LogP contribution in [0.5, 0.6) is 0 Å². The first-order chi connectivity index (χ1) is 24.9. The third-order valence-electron chi connectivity index (χ3n) is 12.5. The molecule has 2 aliphatic heterocycles. The van der Waals surface area contributed by atoms with Crippen molar-refractivity contribution in [3.63, 3.8) is 0 Å². The Morgan fingerprint density at radius 1 is 0.808 bits per heavy atom. The van der Waals surface area contributed by atoms with Gasteiger partial charge in [0, 0.05) is 86.5 Å². The Kier molecular flexibility index (Phi) is 11.3. The largest absolute Gasteiger partial charge is 0.372 e. The summed E-state index contributed by atoms with van der Waals surface area (Å²) in [5.41, 5.74) is 6.65. The second kappa shape index (κ2) is 15.6. The Bertz CT molecular complexity index is 1830. The third-order valence-corrected chi connectivity index (χ3v) is 12.8. The van der Waals surface area contributed by atoms with Gasteiger partial charge in [0.05, 0.1) is 10.6 Å². The van der Waals surface area contributed by atoms with Crippen molar-refractivity contribution in [2.75, 3.05) is 62.7 Å². The summed E-state index contributed by atoms with van der Waals surface area (Å²) in [6.45, 7) is 17.0. The van der Waals surface area contributed by atoms with Gasteiger partial charge in [-0.15, -0.1) is 0 Å². The Hall–Kier alpha value is -3.97. The molecule has 1 saturated carbocycles. The van der Waals surface area contributed by atoms with Gasteiger partial charge < -0.3 is 9.80 Å². The highest BCUT2D eigenvalue weighted by molar-refractivity contribution is 6.56. The molecule has 0 atom stereocenters. The Balaban J connectivity index is 1.03. The number of piperazine rings is 1. The standard InChI is InChI=1S/C42H51BClN5O3/c1-41(2)39(43-35-9-6-30(23-45)38(44)22-35)42(3,4)40(41)46(5)25-33-20-36(10-7-31(33)26-50)48-14-12-29(13-15-48)24-47-16-18-49(19-17-47)37-11-8-32(27-51)34(21-37)28-52/h6-11,20-22,26-29,39-40,43H,12-19,24-25H2,1-5H3. The van der Waals surface area contributed by atoms with Crippen LogP contribution in [0.2, 0.25) is 10.8 Å². The summed E-state index contributed by atoms with van der Waals surface area (Å²) in [5, 5.41) is 9.82. The summed E-state index contributed by atoms with van der Waals surface area (Å²) in [6, 6.07) is 20.1. The van der Waals surface area contributed by atoms with E-state index in [1.807, 2.05) is 36.4 Å². The first-order valence-electron chi connectivity index (χ1n) is 18.6. The van der Waals surface area contributed by atoms with E-state index in [1.54, 1.807) is 6.07 Å². The molecule has 6 rings (SSSR count). The zero-order valence-electron chi connectivity index (χ0n) is 31.3. The number of aldehydes is 3. The molecule has 2 heterocycles. The van der Waals surface area contributed by atoms with Crippen LogP contribution in [0, 0.1) is 28.1 Å². The first-order valence-corrected chi connectivity index (χ1v) is 19.0. The lowest BCUT2D eigenvalue weighted by Gasteiger charge is -2.67. The minimum atomic E-state index is 0.0364. The van der Waals surface area contributed by atoms with Crippen LogP contribution in [0.4, 0.5) is 11.4 Å². The Morgan fingerprint density at radius 2 is 1.40 bits per heavy atom. The van der Waals surface area contributed by atoms with Gasteiger partial charge >= 0.3 is 0 Å². The molecule has 0 amide bonds. The number of piperidine rings is 1. The maximum absolute atomic E-state index is 12.2. The predicted octanol–water partition coefficient (Wildman–Crippen LogP) is 6.10. The van der Waals surface area contributed by atoms with Crippen molar-refractivity contribution < 1.29 is 14.4 Å². The minimum absolute atomic E-state index is 0.0364. The number of nitrogens with zero attached hydrogens (tertiary/aromatic N) is 5. The van der Waals surface area contributed by atoms with Crippen molar-refractivity contribution in [3.8, 4) is 6.07 Å². The van der Waals surface area contributed by atoms with Crippen molar-refractivity contribution in [2.24, 2.45) is 16.7 Å². The number of carbonyl (C=O) groups is 3. The van der Waals surface area contributed by atoms with E-state index in [-0.39, 0.29) is 10.8 Å². The molecule has 2 saturated heterocycles. The molecule has 52 heavy (non-hydrogen) atoms. The van der Waals surface area contributed by atoms with Gasteiger partial charge in [0.15, 0.2) is 19.9 Å². The fourth-order valence-corrected chi connectivity index (χ4v) is 10.4. The van der Waals surface area contributed by atoms with Crippen LogP contribution in [0.25, 0.3) is 0 Å². The maximum atomic E-state index is 12.2. The van der Waals surface area contributed by atoms with Gasteiger partial charge in [-0.25, -0.2) is 0 Å². The molecule has 1 aliphatic carbocycles. The van der Waals surface area contributed by atoms with E-state index in [4.69, 9.17) is 11.6 Å². The normalized spacial score (nSPS) is 21.7. The molecular weight excluding hydrogens is 669 g/mol. The maximum Gasteiger partial charge on any atom is 0.162 e. The third kappa shape index (κ3) is 7.57. The molecular formula is C42H51BClN5O3. The molecule has 10 heteroatoms. The smallest absolute Gasteiger partial charge is 0.162 e. The fourth-order valence-electron chi connectivity index (χ4n) is 10.2. The van der Waals surface area contributed by atoms with Gasteiger partial charge in [0.25, 0.3) is 0 Å². The number of rotatable bonds is 12. The topological polar surface area (TPSA) is 88.0 Å². The van der Waals surface area contributed by atoms with Crippen molar-refractivity contribution in [3.05, 3.63) is 87.4 Å². The number of benzene rings is 3. The molecule has 3 aliphatic rings. The number of halogens is 1. The number of carbonyl (C=O) groups excluding carboxylic acids is 3. The lowest BCUT2D eigenvalue weighted by Crippen LogP contribution is -2.68. The van der Waals surface area contributed by atoms with Crippen LogP contribution in [0.3, 0.4) is 0 Å². The van der Waals surface area contributed by atoms with E-state index in [0.29, 0.717) is 46.0 Å². The summed E-state index contributed by atoms with van der Waals surface area (Å²) in [7, 11) is 3.10. The average Bonchev–Trinajstić information content (AvgIpc) is 3.14. The monoisotopic (exact) mass is 719 g/mol. The van der Waals surface area contributed by atoms with Crippen LogP contribution in [-0.4, -0.2) is 94.8 Å². The van der Waals surface area contributed by atoms with E-state index in [0.717, 1.165) is 107 Å². The molecule has 0 aromatic heterocycles. The van der Waals surface area contributed by atoms with Gasteiger partial charge in [-0.2, -0.15) is 5.26 Å². The highest BCUT2D eigenvalue weighted by atomic mass is 35.5. The van der Waals surface area contributed by atoms with Crippen LogP contribution in [0.15, 0.2) is 54.6 Å². The van der Waals surface area contributed by atoms with Gasteiger partial charge in [0.2, 0.25) is 0 Å². The van der Waals surface area contributed by atoms with Crippen molar-refractivity contribution in [1.29, 1.82) is 5.26 Å². The first kappa shape index (κ1) is 37.8. The quantitative estimate of drug-likeness (QED) is 0.164. The number of hydrogen-bond acceptors (Lipinski definition) is 8. The summed E-state index contributed by atoms with van der Waals surface area (Å²) in [6.07, 6.45) is 4.76. The molecule has 3 fully saturated rings. The molecule has 0 radical (unpaired) electrons. The highest BCUT2D eigenvalue weighted by Gasteiger charge is 2.62. The highest BCUT2D eigenvalue weighted by Crippen LogP contribution is 2.64. The van der Waals surface area contributed by atoms with Gasteiger partial charge in [-0.1, -0.05) is 50.8 Å². The average molecular weight is 720 g/mol. The van der Waals surface area contributed by atoms with E-state index < -0.39 is 0 Å². The predicted molar refractivity (Wildman–Crippen MR) is 212 cm³/mol. The minimum Gasteiger partial charge on any atom is -0.372 e. The molecule has 0 spiro atoms. The van der Waals surface area contributed by atoms with Gasteiger partial charge in [-0.05, 0) is 96.5 Å². The SMILES string of the molecule is CN(Cc1cc(N2CCC(CN3CCN(c4ccc(C=O)c(C=O)c4)CC3)CC2)ccc1C=O)C1C(C)(C)C(Bc2ccc(C#N)c(Cl)c2)C1(C)C. The van der Waals surface area contributed by atoms with Crippen LogP contribution in [0.1, 0.15) is 82.7 Å². The number of nitriles is 1. The van der Waals surface area contributed by atoms with Gasteiger partial charge in [0.1, 0.15) is 12.4 Å². The molecule has 272 valence electrons. The van der Waals surface area contributed by atoms with E-state index in [1.165, 1.54) is 5.69 Å². The van der Waals surface area contributed by atoms with E-state index in [2.05, 4.69) is 72.5 Å². The molecule has 3 aromatic rings. The lowest BCUT2D eigenvalue weighted by atomic mass is 9.31. The summed E-state index contributed by atoms with van der Waals surface area (Å²) >= 11 is 6.39. The second-order valence-corrected chi connectivity index (χ2v) is 16.8. The Morgan fingerprint density at radius 3 is 2.00 bits per heavy atom. The molecule has 0 unspecified atom stereocenters. The van der Waals surface area contributed by atoms with E-state index >= 15 is 0 Å². The molecule has 0 N–H and O–H groups in total. The zero-order chi connectivity index (χ0) is 37.2. The molecule has 0 bridgehead atoms. The second-order valence-electron chi connectivity index (χ2n) is 16.4. The lowest BCUT2D eigenvalue weighted by molar-refractivity contribution is -0.106. The van der Waals surface area contributed by atoms with Crippen LogP contribution in [-0.2, 0) is 6.54 Å². The van der Waals surface area contributed by atoms with Crippen LogP contribution >= 0.6 is 11.6 Å². The number of anilines is 2. The Labute approximate surface area is 314 Å². The van der Waals surface area contributed by atoms with Gasteiger partial charge in [-0.3, -0.25) is 24.2 Å². The van der Waals surface area contributed by atoms with Crippen molar-refractivity contribution >= 4 is 54.6 Å². The fraction of sp³-hybridized carbons (Fsp3) is 0.476. The molecule has 8 nitrogen and oxygen atoms in total. The van der Waals surface area contributed by atoms with Crippen molar-refractivity contribution in [1.82, 2.24) is 9.80 Å². The van der Waals surface area contributed by atoms with E-state index in [9.17, 15) is 19.6 Å². The summed E-state index contributed by atoms with van der Waals surface area (Å²) in [4.78, 5) is 44.7. The summed E-state index contributed by atoms with van der Waals surface area (Å²) in [5.74, 6) is 1.07. The zero-order valence-corrected chi connectivity index (χ0v) is 32.0. The van der Waals surface area contributed by atoms with Crippen LogP contribution < -0.4 is 15.3 Å². The molecule has 3 aromatic carbocycles. The van der Waals surface area contributed by atoms with Crippen molar-refractivity contribution in [2.45, 2.75) is 58.9 Å². The summed E-state index contributed by atoms with van der Waals surface area (Å²) < 4.78 is 0. The number of hydrogen-bond donors (Lipinski definition) is 0.